The summed E-state index contributed by atoms with van der Waals surface area (Å²) < 4.78 is 11.0. The maximum atomic E-state index is 12.7. The van der Waals surface area contributed by atoms with Crippen LogP contribution in [-0.2, 0) is 11.2 Å². The maximum absolute atomic E-state index is 12.7. The van der Waals surface area contributed by atoms with E-state index >= 15 is 0 Å². The highest BCUT2D eigenvalue weighted by Crippen LogP contribution is 2.57. The van der Waals surface area contributed by atoms with Crippen molar-refractivity contribution >= 4 is 5.78 Å². The van der Waals surface area contributed by atoms with Gasteiger partial charge in [0.2, 0.25) is 0 Å². The number of ketones is 1. The third kappa shape index (κ3) is 2.88. The van der Waals surface area contributed by atoms with Gasteiger partial charge in [-0.15, -0.1) is 0 Å². The van der Waals surface area contributed by atoms with Gasteiger partial charge in [0.15, 0.2) is 0 Å². The lowest BCUT2D eigenvalue weighted by Gasteiger charge is -2.54. The van der Waals surface area contributed by atoms with Crippen LogP contribution in [0.3, 0.4) is 0 Å². The molecular weight excluding hydrogens is 312 g/mol. The van der Waals surface area contributed by atoms with Crippen LogP contribution < -0.4 is 9.47 Å². The maximum Gasteiger partial charge on any atom is 0.142 e. The summed E-state index contributed by atoms with van der Waals surface area (Å²) in [6.07, 6.45) is 8.15. The van der Waals surface area contributed by atoms with Crippen molar-refractivity contribution < 1.29 is 14.3 Å². The van der Waals surface area contributed by atoms with E-state index in [1.807, 2.05) is 12.1 Å². The molecule has 1 aromatic carbocycles. The number of benzene rings is 1. The summed E-state index contributed by atoms with van der Waals surface area (Å²) in [7, 11) is 3.41. The lowest BCUT2D eigenvalue weighted by Crippen LogP contribution is -2.51. The summed E-state index contributed by atoms with van der Waals surface area (Å²) in [6, 6.07) is 5.99. The Kier molecular flexibility index (Phi) is 4.70. The number of allylic oxidation sites excluding steroid dienone is 2. The standard InChI is InChI=1S/C22H30O3/c1-15-11-12-21(2)19(7-6-8-20(21)23)22(15,3)14-16-13-17(24-4)9-10-18(16)25-5/h9-13,15,19H,6-8,14H2,1-5H3/t15-,19-,21-,22-/m1/s1. The topological polar surface area (TPSA) is 35.5 Å². The van der Waals surface area contributed by atoms with E-state index in [1.54, 1.807) is 14.2 Å². The molecule has 2 aliphatic rings. The quantitative estimate of drug-likeness (QED) is 0.735. The van der Waals surface area contributed by atoms with Crippen LogP contribution in [0, 0.1) is 22.7 Å². The summed E-state index contributed by atoms with van der Waals surface area (Å²) in [5, 5.41) is 0. The van der Waals surface area contributed by atoms with Crippen LogP contribution in [0.15, 0.2) is 30.4 Å². The van der Waals surface area contributed by atoms with E-state index in [0.29, 0.717) is 24.0 Å². The van der Waals surface area contributed by atoms with Gasteiger partial charge in [-0.1, -0.05) is 26.0 Å². The number of fused-ring (bicyclic) bond motifs is 1. The summed E-state index contributed by atoms with van der Waals surface area (Å²) in [4.78, 5) is 12.7. The molecule has 136 valence electrons. The average Bonchev–Trinajstić information content (AvgIpc) is 2.60. The smallest absolute Gasteiger partial charge is 0.142 e. The molecule has 1 aromatic rings. The van der Waals surface area contributed by atoms with Crippen molar-refractivity contribution in [2.45, 2.75) is 46.5 Å². The first kappa shape index (κ1) is 18.0. The minimum atomic E-state index is -0.328. The molecule has 0 radical (unpaired) electrons. The lowest BCUT2D eigenvalue weighted by molar-refractivity contribution is -0.136. The normalized spacial score (nSPS) is 34.5. The Morgan fingerprint density at radius 2 is 1.96 bits per heavy atom. The molecule has 0 spiro atoms. The van der Waals surface area contributed by atoms with E-state index in [1.165, 1.54) is 0 Å². The molecule has 3 heteroatoms. The summed E-state index contributed by atoms with van der Waals surface area (Å²) in [5.74, 6) is 2.91. The van der Waals surface area contributed by atoms with E-state index in [0.717, 1.165) is 36.3 Å². The average molecular weight is 342 g/mol. The van der Waals surface area contributed by atoms with Crippen LogP contribution in [0.4, 0.5) is 0 Å². The summed E-state index contributed by atoms with van der Waals surface area (Å²) in [6.45, 7) is 6.77. The molecule has 0 heterocycles. The van der Waals surface area contributed by atoms with Crippen molar-refractivity contribution in [3.8, 4) is 11.5 Å². The zero-order valence-corrected chi connectivity index (χ0v) is 16.1. The molecule has 0 amide bonds. The van der Waals surface area contributed by atoms with Gasteiger partial charge in [-0.3, -0.25) is 4.79 Å². The Morgan fingerprint density at radius 3 is 2.64 bits per heavy atom. The fourth-order valence-electron chi connectivity index (χ4n) is 5.05. The first-order chi connectivity index (χ1) is 11.8. The molecule has 1 saturated carbocycles. The molecule has 3 rings (SSSR count). The summed E-state index contributed by atoms with van der Waals surface area (Å²) >= 11 is 0. The fraction of sp³-hybridized carbons (Fsp3) is 0.591. The number of methoxy groups -OCH3 is 2. The number of carbonyl (C=O) groups excluding carboxylic acids is 1. The molecule has 4 atom stereocenters. The van der Waals surface area contributed by atoms with Crippen LogP contribution in [0.1, 0.15) is 45.6 Å². The Labute approximate surface area is 151 Å². The molecule has 3 nitrogen and oxygen atoms in total. The number of rotatable bonds is 4. The molecule has 25 heavy (non-hydrogen) atoms. The molecule has 0 aromatic heterocycles. The SMILES string of the molecule is COc1ccc(OC)c(C[C@]2(C)[C@H](C)C=C[C@@]3(C)C(=O)CCC[C@@H]23)c1. The van der Waals surface area contributed by atoms with Crippen molar-refractivity contribution in [2.75, 3.05) is 14.2 Å². The van der Waals surface area contributed by atoms with Gasteiger partial charge in [-0.05, 0) is 67.2 Å². The second-order valence-corrected chi connectivity index (χ2v) is 8.16. The van der Waals surface area contributed by atoms with E-state index in [-0.39, 0.29) is 10.8 Å². The van der Waals surface area contributed by atoms with Gasteiger partial charge in [0.25, 0.3) is 0 Å². The second kappa shape index (κ2) is 6.51. The van der Waals surface area contributed by atoms with Crippen molar-refractivity contribution in [3.63, 3.8) is 0 Å². The Balaban J connectivity index is 2.03. The predicted octanol–water partition coefficient (Wildman–Crippen LogP) is 4.83. The molecular formula is C22H30O3. The molecule has 0 unspecified atom stereocenters. The third-order valence-corrected chi connectivity index (χ3v) is 6.85. The highest BCUT2D eigenvalue weighted by Gasteiger charge is 2.54. The van der Waals surface area contributed by atoms with Crippen molar-refractivity contribution in [1.29, 1.82) is 0 Å². The van der Waals surface area contributed by atoms with E-state index < -0.39 is 0 Å². The Morgan fingerprint density at radius 1 is 1.20 bits per heavy atom. The fourth-order valence-corrected chi connectivity index (χ4v) is 5.05. The van der Waals surface area contributed by atoms with Crippen molar-refractivity contribution in [3.05, 3.63) is 35.9 Å². The number of hydrogen-bond acceptors (Lipinski definition) is 3. The molecule has 0 aliphatic heterocycles. The highest BCUT2D eigenvalue weighted by atomic mass is 16.5. The number of ether oxygens (including phenoxy) is 2. The Bertz CT molecular complexity index is 693. The van der Waals surface area contributed by atoms with Gasteiger partial charge in [-0.2, -0.15) is 0 Å². The molecule has 2 aliphatic carbocycles. The van der Waals surface area contributed by atoms with E-state index in [9.17, 15) is 4.79 Å². The number of carbonyl (C=O) groups is 1. The van der Waals surface area contributed by atoms with Gasteiger partial charge in [0.1, 0.15) is 17.3 Å². The number of Topliss-reactive ketones (excluding diaryl/α,β-unsaturated/α-hetero) is 1. The number of hydrogen-bond donors (Lipinski definition) is 0. The van der Waals surface area contributed by atoms with Crippen molar-refractivity contribution in [2.24, 2.45) is 22.7 Å². The van der Waals surface area contributed by atoms with Gasteiger partial charge in [0.05, 0.1) is 14.2 Å². The van der Waals surface area contributed by atoms with E-state index in [2.05, 4.69) is 39.0 Å². The second-order valence-electron chi connectivity index (χ2n) is 8.16. The molecule has 0 N–H and O–H groups in total. The van der Waals surface area contributed by atoms with Gasteiger partial charge in [-0.25, -0.2) is 0 Å². The van der Waals surface area contributed by atoms with Gasteiger partial charge < -0.3 is 9.47 Å². The third-order valence-electron chi connectivity index (χ3n) is 6.85. The van der Waals surface area contributed by atoms with Gasteiger partial charge in [0, 0.05) is 11.8 Å². The largest absolute Gasteiger partial charge is 0.497 e. The van der Waals surface area contributed by atoms with Crippen LogP contribution in [-0.4, -0.2) is 20.0 Å². The van der Waals surface area contributed by atoms with Crippen LogP contribution >= 0.6 is 0 Å². The zero-order valence-electron chi connectivity index (χ0n) is 16.1. The minimum Gasteiger partial charge on any atom is -0.497 e. The summed E-state index contributed by atoms with van der Waals surface area (Å²) in [5.41, 5.74) is 0.844. The molecule has 0 bridgehead atoms. The van der Waals surface area contributed by atoms with E-state index in [4.69, 9.17) is 9.47 Å². The lowest BCUT2D eigenvalue weighted by atomic mass is 9.49. The monoisotopic (exact) mass is 342 g/mol. The highest BCUT2D eigenvalue weighted by molar-refractivity contribution is 5.87. The first-order valence-electron chi connectivity index (χ1n) is 9.28. The molecule has 0 saturated heterocycles. The first-order valence-corrected chi connectivity index (χ1v) is 9.28. The van der Waals surface area contributed by atoms with Crippen molar-refractivity contribution in [1.82, 2.24) is 0 Å². The Hall–Kier alpha value is -1.77. The predicted molar refractivity (Wildman–Crippen MR) is 100 cm³/mol. The van der Waals surface area contributed by atoms with Crippen LogP contribution in [0.5, 0.6) is 11.5 Å². The van der Waals surface area contributed by atoms with Gasteiger partial charge >= 0.3 is 0 Å². The van der Waals surface area contributed by atoms with Crippen LogP contribution in [0.2, 0.25) is 0 Å². The minimum absolute atomic E-state index is 0.0131. The van der Waals surface area contributed by atoms with Crippen LogP contribution in [0.25, 0.3) is 0 Å². The molecule has 1 fully saturated rings. The zero-order chi connectivity index (χ0) is 18.2.